The molecule has 102 valence electrons. The van der Waals surface area contributed by atoms with E-state index in [1.807, 2.05) is 30.5 Å². The molecule has 0 aromatic heterocycles. The minimum atomic E-state index is -0.510. The summed E-state index contributed by atoms with van der Waals surface area (Å²) in [5, 5.41) is 2.79. The van der Waals surface area contributed by atoms with Crippen LogP contribution in [0.25, 0.3) is 0 Å². The maximum atomic E-state index is 12.0. The van der Waals surface area contributed by atoms with Gasteiger partial charge in [-0.15, -0.1) is 11.8 Å². The zero-order valence-electron chi connectivity index (χ0n) is 10.9. The largest absolute Gasteiger partial charge is 0.366 e. The lowest BCUT2D eigenvalue weighted by Gasteiger charge is -2.06. The van der Waals surface area contributed by atoms with Crippen molar-refractivity contribution in [2.24, 2.45) is 5.73 Å². The molecular weight excluding hydrogens is 272 g/mol. The van der Waals surface area contributed by atoms with Crippen LogP contribution in [0.5, 0.6) is 0 Å². The number of rotatable bonds is 4. The summed E-state index contributed by atoms with van der Waals surface area (Å²) >= 11 is 1.64. The van der Waals surface area contributed by atoms with Crippen LogP contribution in [0.4, 0.5) is 5.69 Å². The predicted octanol–water partition coefficient (Wildman–Crippen LogP) is 2.76. The molecule has 2 rings (SSSR count). The van der Waals surface area contributed by atoms with Gasteiger partial charge in [0.15, 0.2) is 0 Å². The smallest absolute Gasteiger partial charge is 0.255 e. The monoisotopic (exact) mass is 286 g/mol. The molecular formula is C15H14N2O2S. The summed E-state index contributed by atoms with van der Waals surface area (Å²) in [7, 11) is 0. The SMILES string of the molecule is CSc1ccc(NC(=O)c2ccc(C(N)=O)cc2)cc1. The van der Waals surface area contributed by atoms with E-state index in [0.29, 0.717) is 11.1 Å². The second-order valence-electron chi connectivity index (χ2n) is 4.12. The third-order valence-electron chi connectivity index (χ3n) is 2.78. The second kappa shape index (κ2) is 6.25. The summed E-state index contributed by atoms with van der Waals surface area (Å²) in [5.74, 6) is -0.734. The van der Waals surface area contributed by atoms with Crippen LogP contribution in [0.1, 0.15) is 20.7 Å². The van der Waals surface area contributed by atoms with Gasteiger partial charge in [0, 0.05) is 21.7 Å². The van der Waals surface area contributed by atoms with Crippen LogP contribution in [0.3, 0.4) is 0 Å². The van der Waals surface area contributed by atoms with E-state index in [9.17, 15) is 9.59 Å². The fourth-order valence-corrected chi connectivity index (χ4v) is 2.07. The van der Waals surface area contributed by atoms with E-state index in [1.54, 1.807) is 23.9 Å². The molecule has 0 bridgehead atoms. The molecule has 2 amide bonds. The summed E-state index contributed by atoms with van der Waals surface area (Å²) in [6, 6.07) is 13.8. The minimum Gasteiger partial charge on any atom is -0.366 e. The highest BCUT2D eigenvalue weighted by atomic mass is 32.2. The van der Waals surface area contributed by atoms with E-state index < -0.39 is 5.91 Å². The molecule has 0 heterocycles. The lowest BCUT2D eigenvalue weighted by atomic mass is 10.1. The average molecular weight is 286 g/mol. The highest BCUT2D eigenvalue weighted by Crippen LogP contribution is 2.18. The summed E-state index contributed by atoms with van der Waals surface area (Å²) in [6.45, 7) is 0. The topological polar surface area (TPSA) is 72.2 Å². The third kappa shape index (κ3) is 3.39. The Bertz CT molecular complexity index is 621. The summed E-state index contributed by atoms with van der Waals surface area (Å²) < 4.78 is 0. The second-order valence-corrected chi connectivity index (χ2v) is 5.00. The van der Waals surface area contributed by atoms with Crippen LogP contribution in [0, 0.1) is 0 Å². The Labute approximate surface area is 121 Å². The predicted molar refractivity (Wildman–Crippen MR) is 81.1 cm³/mol. The average Bonchev–Trinajstić information content (AvgIpc) is 2.48. The maximum Gasteiger partial charge on any atom is 0.255 e. The molecule has 0 fully saturated rings. The Hall–Kier alpha value is -2.27. The first kappa shape index (κ1) is 14.1. The lowest BCUT2D eigenvalue weighted by Crippen LogP contribution is -2.14. The molecule has 20 heavy (non-hydrogen) atoms. The first-order chi connectivity index (χ1) is 9.60. The Morgan fingerprint density at radius 1 is 0.950 bits per heavy atom. The minimum absolute atomic E-state index is 0.224. The van der Waals surface area contributed by atoms with Crippen molar-refractivity contribution >= 4 is 29.3 Å². The van der Waals surface area contributed by atoms with Gasteiger partial charge < -0.3 is 11.1 Å². The van der Waals surface area contributed by atoms with Crippen LogP contribution in [0.2, 0.25) is 0 Å². The molecule has 3 N–H and O–H groups in total. The van der Waals surface area contributed by atoms with E-state index >= 15 is 0 Å². The van der Waals surface area contributed by atoms with E-state index in [1.165, 1.54) is 12.1 Å². The number of benzene rings is 2. The number of anilines is 1. The first-order valence-electron chi connectivity index (χ1n) is 5.95. The van der Waals surface area contributed by atoms with E-state index in [0.717, 1.165) is 10.6 Å². The van der Waals surface area contributed by atoms with Crippen molar-refractivity contribution in [1.82, 2.24) is 0 Å². The Morgan fingerprint density at radius 3 is 2.00 bits per heavy atom. The molecule has 0 aliphatic rings. The van der Waals surface area contributed by atoms with Crippen LogP contribution in [-0.2, 0) is 0 Å². The Kier molecular flexibility index (Phi) is 4.42. The zero-order valence-corrected chi connectivity index (χ0v) is 11.7. The van der Waals surface area contributed by atoms with Crippen LogP contribution >= 0.6 is 11.8 Å². The molecule has 0 saturated carbocycles. The molecule has 0 aliphatic carbocycles. The standard InChI is InChI=1S/C15H14N2O2S/c1-20-13-8-6-12(7-9-13)17-15(19)11-4-2-10(3-5-11)14(16)18/h2-9H,1H3,(H2,16,18)(H,17,19). The Morgan fingerprint density at radius 2 is 1.50 bits per heavy atom. The van der Waals surface area contributed by atoms with Crippen molar-refractivity contribution in [2.75, 3.05) is 11.6 Å². The van der Waals surface area contributed by atoms with Crippen molar-refractivity contribution in [2.45, 2.75) is 4.90 Å². The molecule has 0 atom stereocenters. The number of nitrogens with two attached hydrogens (primary N) is 1. The maximum absolute atomic E-state index is 12.0. The van der Waals surface area contributed by atoms with Gasteiger partial charge in [-0.1, -0.05) is 0 Å². The van der Waals surface area contributed by atoms with E-state index in [-0.39, 0.29) is 5.91 Å². The molecule has 4 nitrogen and oxygen atoms in total. The van der Waals surface area contributed by atoms with E-state index in [4.69, 9.17) is 5.73 Å². The van der Waals surface area contributed by atoms with Gasteiger partial charge in [0.25, 0.3) is 5.91 Å². The molecule has 2 aromatic rings. The number of amides is 2. The van der Waals surface area contributed by atoms with Gasteiger partial charge in [-0.3, -0.25) is 9.59 Å². The number of hydrogen-bond donors (Lipinski definition) is 2. The van der Waals surface area contributed by atoms with Gasteiger partial charge in [0.1, 0.15) is 0 Å². The number of carbonyl (C=O) groups is 2. The molecule has 0 radical (unpaired) electrons. The zero-order chi connectivity index (χ0) is 14.5. The van der Waals surface area contributed by atoms with Gasteiger partial charge in [-0.2, -0.15) is 0 Å². The van der Waals surface area contributed by atoms with Gasteiger partial charge >= 0.3 is 0 Å². The number of nitrogens with one attached hydrogen (secondary N) is 1. The van der Waals surface area contributed by atoms with Crippen molar-refractivity contribution in [3.63, 3.8) is 0 Å². The van der Waals surface area contributed by atoms with Crippen LogP contribution < -0.4 is 11.1 Å². The Balaban J connectivity index is 2.08. The molecule has 5 heteroatoms. The van der Waals surface area contributed by atoms with Crippen molar-refractivity contribution in [3.8, 4) is 0 Å². The quantitative estimate of drug-likeness (QED) is 0.849. The van der Waals surface area contributed by atoms with E-state index in [2.05, 4.69) is 5.32 Å². The van der Waals surface area contributed by atoms with Gasteiger partial charge in [0.2, 0.25) is 5.91 Å². The fourth-order valence-electron chi connectivity index (χ4n) is 1.66. The highest BCUT2D eigenvalue weighted by Gasteiger charge is 2.07. The number of hydrogen-bond acceptors (Lipinski definition) is 3. The van der Waals surface area contributed by atoms with Gasteiger partial charge in [-0.05, 0) is 54.8 Å². The molecule has 0 saturated heterocycles. The fraction of sp³-hybridized carbons (Fsp3) is 0.0667. The van der Waals surface area contributed by atoms with Crippen molar-refractivity contribution < 1.29 is 9.59 Å². The summed E-state index contributed by atoms with van der Waals surface area (Å²) in [4.78, 5) is 24.1. The van der Waals surface area contributed by atoms with Crippen LogP contribution in [0.15, 0.2) is 53.4 Å². The molecule has 0 unspecified atom stereocenters. The molecule has 2 aromatic carbocycles. The normalized spacial score (nSPS) is 10.1. The number of carbonyl (C=O) groups excluding carboxylic acids is 2. The first-order valence-corrected chi connectivity index (χ1v) is 7.18. The van der Waals surface area contributed by atoms with Gasteiger partial charge in [-0.25, -0.2) is 0 Å². The molecule has 0 spiro atoms. The number of thioether (sulfide) groups is 1. The highest BCUT2D eigenvalue weighted by molar-refractivity contribution is 7.98. The summed E-state index contributed by atoms with van der Waals surface area (Å²) in [6.07, 6.45) is 1.99. The van der Waals surface area contributed by atoms with Crippen molar-refractivity contribution in [3.05, 3.63) is 59.7 Å². The summed E-state index contributed by atoms with van der Waals surface area (Å²) in [5.41, 5.74) is 6.73. The van der Waals surface area contributed by atoms with Crippen LogP contribution in [-0.4, -0.2) is 18.1 Å². The molecule has 0 aliphatic heterocycles. The third-order valence-corrected chi connectivity index (χ3v) is 3.52. The van der Waals surface area contributed by atoms with Gasteiger partial charge in [0.05, 0.1) is 0 Å². The number of primary amides is 1. The lowest BCUT2D eigenvalue weighted by molar-refractivity contribution is 0.0995. The van der Waals surface area contributed by atoms with Crippen molar-refractivity contribution in [1.29, 1.82) is 0 Å².